The van der Waals surface area contributed by atoms with Crippen LogP contribution in [0.5, 0.6) is 0 Å². The van der Waals surface area contributed by atoms with Crippen LogP contribution in [0.2, 0.25) is 0 Å². The van der Waals surface area contributed by atoms with Gasteiger partial charge in [0.25, 0.3) is 0 Å². The summed E-state index contributed by atoms with van der Waals surface area (Å²) in [6, 6.07) is -1.32. The van der Waals surface area contributed by atoms with Crippen molar-refractivity contribution < 1.29 is 19.1 Å². The first-order valence-electron chi connectivity index (χ1n) is 7.42. The van der Waals surface area contributed by atoms with Crippen molar-refractivity contribution in [3.05, 3.63) is 30.4 Å². The molecule has 0 radical (unpaired) electrons. The Morgan fingerprint density at radius 3 is 2.70 bits per heavy atom. The lowest BCUT2D eigenvalue weighted by molar-refractivity contribution is -0.114. The number of ether oxygens (including phenoxy) is 1. The van der Waals surface area contributed by atoms with E-state index in [1.165, 1.54) is 12.4 Å². The third kappa shape index (κ3) is 5.93. The molecule has 1 aromatic rings. The fourth-order valence-electron chi connectivity index (χ4n) is 1.84. The normalized spacial score (nSPS) is 11.5. The molecule has 0 saturated heterocycles. The van der Waals surface area contributed by atoms with Crippen molar-refractivity contribution in [1.29, 1.82) is 0 Å². The van der Waals surface area contributed by atoms with Crippen molar-refractivity contribution in [2.45, 2.75) is 38.6 Å². The van der Waals surface area contributed by atoms with Gasteiger partial charge < -0.3 is 20.8 Å². The molecule has 1 heterocycles. The Balaban J connectivity index is 2.63. The molecule has 1 atom stereocenters. The van der Waals surface area contributed by atoms with Gasteiger partial charge in [-0.15, -0.1) is 0 Å². The van der Waals surface area contributed by atoms with E-state index in [1.54, 1.807) is 0 Å². The maximum atomic E-state index is 12.3. The Kier molecular flexibility index (Phi) is 7.52. The number of amides is 2. The van der Waals surface area contributed by atoms with Crippen molar-refractivity contribution >= 4 is 17.8 Å². The lowest BCUT2D eigenvalue weighted by atomic mass is 10.0. The second-order valence-corrected chi connectivity index (χ2v) is 4.97. The number of unbranched alkanes of at least 4 members (excludes halogenated alkanes) is 3. The van der Waals surface area contributed by atoms with E-state index >= 15 is 0 Å². The van der Waals surface area contributed by atoms with Crippen molar-refractivity contribution in [3.63, 3.8) is 0 Å². The summed E-state index contributed by atoms with van der Waals surface area (Å²) in [5, 5.41) is 2.31. The molecule has 4 N–H and O–H groups in total. The molecule has 2 amide bonds. The molecule has 126 valence electrons. The second-order valence-electron chi connectivity index (χ2n) is 4.97. The summed E-state index contributed by atoms with van der Waals surface area (Å²) in [7, 11) is 0. The largest absolute Gasteiger partial charge is 0.450 e. The highest BCUT2D eigenvalue weighted by atomic mass is 16.5. The molecule has 8 nitrogen and oxygen atoms in total. The van der Waals surface area contributed by atoms with E-state index in [4.69, 9.17) is 10.5 Å². The first kappa shape index (κ1) is 18.4. The molecule has 0 aliphatic carbocycles. The van der Waals surface area contributed by atoms with Crippen LogP contribution in [0.4, 0.5) is 4.79 Å². The van der Waals surface area contributed by atoms with Crippen molar-refractivity contribution in [2.24, 2.45) is 5.73 Å². The molecule has 0 bridgehead atoms. The summed E-state index contributed by atoms with van der Waals surface area (Å²) in [6.07, 6.45) is 5.83. The lowest BCUT2D eigenvalue weighted by Crippen LogP contribution is -2.45. The van der Waals surface area contributed by atoms with E-state index in [9.17, 15) is 14.4 Å². The third-order valence-electron chi connectivity index (χ3n) is 3.15. The third-order valence-corrected chi connectivity index (χ3v) is 3.15. The predicted molar refractivity (Wildman–Crippen MR) is 83.7 cm³/mol. The molecule has 8 heteroatoms. The minimum atomic E-state index is -1.32. The SMILES string of the molecule is C=C(C(N)=O)[C@@H](NC(=O)OCCCCCC)C(=O)c1ncc[nH]1. The minimum Gasteiger partial charge on any atom is -0.450 e. The van der Waals surface area contributed by atoms with E-state index in [-0.39, 0.29) is 18.0 Å². The maximum absolute atomic E-state index is 12.3. The van der Waals surface area contributed by atoms with Gasteiger partial charge in [-0.05, 0) is 6.42 Å². The number of nitrogens with two attached hydrogens (primary N) is 1. The van der Waals surface area contributed by atoms with Crippen LogP contribution < -0.4 is 11.1 Å². The van der Waals surface area contributed by atoms with Crippen LogP contribution in [-0.4, -0.2) is 40.4 Å². The zero-order valence-electron chi connectivity index (χ0n) is 13.1. The molecule has 0 aromatic carbocycles. The summed E-state index contributed by atoms with van der Waals surface area (Å²) in [5.74, 6) is -1.53. The van der Waals surface area contributed by atoms with Crippen LogP contribution in [0.3, 0.4) is 0 Å². The van der Waals surface area contributed by atoms with Crippen LogP contribution in [0, 0.1) is 0 Å². The number of nitrogens with zero attached hydrogens (tertiary/aromatic N) is 1. The summed E-state index contributed by atoms with van der Waals surface area (Å²) >= 11 is 0. The summed E-state index contributed by atoms with van der Waals surface area (Å²) in [6.45, 7) is 5.76. The number of alkyl carbamates (subject to hydrolysis) is 1. The van der Waals surface area contributed by atoms with Crippen LogP contribution in [-0.2, 0) is 9.53 Å². The number of aromatic nitrogens is 2. The van der Waals surface area contributed by atoms with E-state index in [0.717, 1.165) is 25.7 Å². The zero-order chi connectivity index (χ0) is 17.2. The topological polar surface area (TPSA) is 127 Å². The molecule has 0 spiro atoms. The number of ketones is 1. The van der Waals surface area contributed by atoms with E-state index in [1.807, 2.05) is 0 Å². The van der Waals surface area contributed by atoms with Gasteiger partial charge in [-0.25, -0.2) is 9.78 Å². The van der Waals surface area contributed by atoms with Crippen molar-refractivity contribution in [2.75, 3.05) is 6.61 Å². The number of Topliss-reactive ketones (excluding diaryl/α,β-unsaturated/α-hetero) is 1. The highest BCUT2D eigenvalue weighted by Crippen LogP contribution is 2.07. The van der Waals surface area contributed by atoms with Gasteiger partial charge in [-0.1, -0.05) is 32.8 Å². The Hall–Kier alpha value is -2.64. The summed E-state index contributed by atoms with van der Waals surface area (Å²) in [4.78, 5) is 41.7. The number of aromatic amines is 1. The van der Waals surface area contributed by atoms with Gasteiger partial charge in [0.2, 0.25) is 11.7 Å². The number of carbonyl (C=O) groups excluding carboxylic acids is 3. The Morgan fingerprint density at radius 1 is 1.39 bits per heavy atom. The van der Waals surface area contributed by atoms with E-state index in [2.05, 4.69) is 28.8 Å². The molecule has 0 saturated carbocycles. The first-order valence-corrected chi connectivity index (χ1v) is 7.42. The highest BCUT2D eigenvalue weighted by Gasteiger charge is 2.29. The van der Waals surface area contributed by atoms with Crippen LogP contribution in [0.25, 0.3) is 0 Å². The number of primary amides is 1. The Morgan fingerprint density at radius 2 is 2.13 bits per heavy atom. The van der Waals surface area contributed by atoms with Gasteiger partial charge >= 0.3 is 6.09 Å². The van der Waals surface area contributed by atoms with Crippen molar-refractivity contribution in [3.8, 4) is 0 Å². The number of hydrogen-bond acceptors (Lipinski definition) is 5. The molecule has 1 aromatic heterocycles. The quantitative estimate of drug-likeness (QED) is 0.340. The number of imidazole rings is 1. The Labute approximate surface area is 134 Å². The molecule has 0 aliphatic rings. The molecular formula is C15H22N4O4. The Bertz CT molecular complexity index is 554. The van der Waals surface area contributed by atoms with Crippen LogP contribution >= 0.6 is 0 Å². The maximum Gasteiger partial charge on any atom is 0.408 e. The predicted octanol–water partition coefficient (Wildman–Crippen LogP) is 1.31. The fourth-order valence-corrected chi connectivity index (χ4v) is 1.84. The van der Waals surface area contributed by atoms with Gasteiger partial charge in [0, 0.05) is 18.0 Å². The van der Waals surface area contributed by atoms with E-state index in [0.29, 0.717) is 0 Å². The van der Waals surface area contributed by atoms with Gasteiger partial charge in [0.1, 0.15) is 6.04 Å². The molecule has 1 rings (SSSR count). The van der Waals surface area contributed by atoms with E-state index < -0.39 is 23.8 Å². The average molecular weight is 322 g/mol. The summed E-state index contributed by atoms with van der Waals surface area (Å²) in [5.41, 5.74) is 4.90. The van der Waals surface area contributed by atoms with Crippen LogP contribution in [0.1, 0.15) is 43.2 Å². The highest BCUT2D eigenvalue weighted by molar-refractivity contribution is 6.08. The smallest absolute Gasteiger partial charge is 0.408 e. The van der Waals surface area contributed by atoms with Gasteiger partial charge in [-0.2, -0.15) is 0 Å². The second kappa shape index (κ2) is 9.39. The number of H-pyrrole nitrogens is 1. The molecule has 0 aliphatic heterocycles. The minimum absolute atomic E-state index is 0.0133. The number of rotatable bonds is 10. The molecular weight excluding hydrogens is 300 g/mol. The van der Waals surface area contributed by atoms with Crippen molar-refractivity contribution in [1.82, 2.24) is 15.3 Å². The molecule has 0 unspecified atom stereocenters. The molecule has 23 heavy (non-hydrogen) atoms. The average Bonchev–Trinajstić information content (AvgIpc) is 3.05. The van der Waals surface area contributed by atoms with Crippen LogP contribution in [0.15, 0.2) is 24.5 Å². The zero-order valence-corrected chi connectivity index (χ0v) is 13.1. The van der Waals surface area contributed by atoms with Gasteiger partial charge in [0.15, 0.2) is 5.82 Å². The number of nitrogens with one attached hydrogen (secondary N) is 2. The lowest BCUT2D eigenvalue weighted by Gasteiger charge is -2.17. The number of carbonyl (C=O) groups is 3. The standard InChI is InChI=1S/C15H22N4O4/c1-3-4-5-6-9-23-15(22)19-11(10(2)13(16)21)12(20)14-17-7-8-18-14/h7-8,11H,2-6,9H2,1H3,(H2,16,21)(H,17,18)(H,19,22)/t11-/m1/s1. The molecule has 0 fully saturated rings. The van der Waals surface area contributed by atoms with Gasteiger partial charge in [0.05, 0.1) is 6.61 Å². The first-order chi connectivity index (χ1) is 11.0. The van der Waals surface area contributed by atoms with Gasteiger partial charge in [-0.3, -0.25) is 9.59 Å². The summed E-state index contributed by atoms with van der Waals surface area (Å²) < 4.78 is 4.99. The monoisotopic (exact) mass is 322 g/mol. The number of hydrogen-bond donors (Lipinski definition) is 3. The fraction of sp³-hybridized carbons (Fsp3) is 0.467.